The highest BCUT2D eigenvalue weighted by Gasteiger charge is 2.08. The highest BCUT2D eigenvalue weighted by atomic mass is 32.1. The van der Waals surface area contributed by atoms with Gasteiger partial charge in [-0.1, -0.05) is 6.07 Å². The number of thiocarbonyl (C=S) groups is 1. The zero-order valence-electron chi connectivity index (χ0n) is 9.24. The zero-order valence-corrected chi connectivity index (χ0v) is 10.1. The van der Waals surface area contributed by atoms with Crippen molar-refractivity contribution in [1.82, 2.24) is 0 Å². The molecule has 0 aliphatic heterocycles. The fraction of sp³-hybridized carbons (Fsp3) is 0.273. The van der Waals surface area contributed by atoms with Gasteiger partial charge in [-0.15, -0.1) is 0 Å². The van der Waals surface area contributed by atoms with E-state index >= 15 is 0 Å². The number of nitrogens with two attached hydrogens (primary N) is 1. The number of hydrogen-bond acceptors (Lipinski definition) is 3. The third-order valence-electron chi connectivity index (χ3n) is 2.01. The van der Waals surface area contributed by atoms with E-state index in [1.54, 1.807) is 19.1 Å². The van der Waals surface area contributed by atoms with Crippen LogP contribution in [0.15, 0.2) is 18.2 Å². The molecule has 0 saturated heterocycles. The second kappa shape index (κ2) is 5.46. The Labute approximate surface area is 99.8 Å². The molecule has 16 heavy (non-hydrogen) atoms. The molecule has 0 amide bonds. The van der Waals surface area contributed by atoms with E-state index in [4.69, 9.17) is 22.7 Å². The number of carbonyl (C=O) groups is 1. The Hall–Kier alpha value is -1.62. The summed E-state index contributed by atoms with van der Waals surface area (Å²) in [5.74, 6) is -0.353. The average Bonchev–Trinajstić information content (AvgIpc) is 2.21. The van der Waals surface area contributed by atoms with E-state index < -0.39 is 0 Å². The van der Waals surface area contributed by atoms with Crippen LogP contribution in [0.25, 0.3) is 0 Å². The van der Waals surface area contributed by atoms with Gasteiger partial charge in [0.1, 0.15) is 0 Å². The lowest BCUT2D eigenvalue weighted by atomic mass is 10.1. The lowest BCUT2D eigenvalue weighted by Gasteiger charge is -2.09. The van der Waals surface area contributed by atoms with Crippen LogP contribution in [0.5, 0.6) is 0 Å². The molecule has 0 aliphatic rings. The molecule has 0 heterocycles. The van der Waals surface area contributed by atoms with Crippen molar-refractivity contribution in [2.45, 2.75) is 13.8 Å². The molecule has 0 radical (unpaired) electrons. The summed E-state index contributed by atoms with van der Waals surface area (Å²) in [7, 11) is 0. The molecule has 4 nitrogen and oxygen atoms in total. The van der Waals surface area contributed by atoms with Gasteiger partial charge in [-0.2, -0.15) is 0 Å². The summed E-state index contributed by atoms with van der Waals surface area (Å²) in [6.07, 6.45) is 0. The largest absolute Gasteiger partial charge is 0.462 e. The molecule has 1 aromatic rings. The number of aryl methyl sites for hydroxylation is 1. The summed E-state index contributed by atoms with van der Waals surface area (Å²) < 4.78 is 4.90. The normalized spacial score (nSPS) is 9.62. The molecular formula is C11H14N2O2S. The molecule has 0 aliphatic carbocycles. The Morgan fingerprint density at radius 3 is 2.81 bits per heavy atom. The lowest BCUT2D eigenvalue weighted by Crippen LogP contribution is -2.20. The van der Waals surface area contributed by atoms with Crippen LogP contribution in [0.3, 0.4) is 0 Å². The monoisotopic (exact) mass is 238 g/mol. The van der Waals surface area contributed by atoms with Crippen LogP contribution < -0.4 is 11.1 Å². The molecule has 1 aromatic carbocycles. The number of hydrogen-bond donors (Lipinski definition) is 2. The second-order valence-electron chi connectivity index (χ2n) is 3.24. The Morgan fingerprint density at radius 2 is 2.25 bits per heavy atom. The first-order valence-corrected chi connectivity index (χ1v) is 5.29. The predicted molar refractivity (Wildman–Crippen MR) is 67.5 cm³/mol. The van der Waals surface area contributed by atoms with Gasteiger partial charge in [-0.05, 0) is 43.8 Å². The number of anilines is 1. The Balaban J connectivity index is 2.97. The first kappa shape index (κ1) is 12.4. The van der Waals surface area contributed by atoms with Crippen molar-refractivity contribution in [2.75, 3.05) is 11.9 Å². The summed E-state index contributed by atoms with van der Waals surface area (Å²) in [5.41, 5.74) is 7.54. The van der Waals surface area contributed by atoms with Gasteiger partial charge in [-0.3, -0.25) is 0 Å². The van der Waals surface area contributed by atoms with Crippen LogP contribution in [-0.2, 0) is 4.74 Å². The molecule has 5 heteroatoms. The number of carbonyl (C=O) groups excluding carboxylic acids is 1. The first-order valence-electron chi connectivity index (χ1n) is 4.88. The van der Waals surface area contributed by atoms with Crippen LogP contribution in [0, 0.1) is 6.92 Å². The van der Waals surface area contributed by atoms with E-state index in [0.29, 0.717) is 12.2 Å². The topological polar surface area (TPSA) is 64.3 Å². The lowest BCUT2D eigenvalue weighted by molar-refractivity contribution is 0.0526. The van der Waals surface area contributed by atoms with E-state index in [-0.39, 0.29) is 11.1 Å². The highest BCUT2D eigenvalue weighted by molar-refractivity contribution is 7.80. The minimum absolute atomic E-state index is 0.170. The van der Waals surface area contributed by atoms with Crippen molar-refractivity contribution in [2.24, 2.45) is 5.73 Å². The van der Waals surface area contributed by atoms with Gasteiger partial charge in [0.25, 0.3) is 0 Å². The molecule has 0 fully saturated rings. The van der Waals surface area contributed by atoms with E-state index in [2.05, 4.69) is 5.32 Å². The molecule has 0 spiro atoms. The number of esters is 1. The third kappa shape index (κ3) is 3.20. The van der Waals surface area contributed by atoms with Crippen molar-refractivity contribution in [1.29, 1.82) is 0 Å². The minimum atomic E-state index is -0.353. The highest BCUT2D eigenvalue weighted by Crippen LogP contribution is 2.17. The SMILES string of the molecule is CCOC(=O)c1ccc(C)c(NC(N)=S)c1. The average molecular weight is 238 g/mol. The smallest absolute Gasteiger partial charge is 0.338 e. The third-order valence-corrected chi connectivity index (χ3v) is 2.11. The van der Waals surface area contributed by atoms with Gasteiger partial charge in [0.2, 0.25) is 0 Å². The maximum atomic E-state index is 11.5. The van der Waals surface area contributed by atoms with Crippen LogP contribution in [-0.4, -0.2) is 17.7 Å². The molecule has 0 unspecified atom stereocenters. The number of benzene rings is 1. The number of rotatable bonds is 3. The van der Waals surface area contributed by atoms with E-state index in [1.807, 2.05) is 13.0 Å². The summed E-state index contributed by atoms with van der Waals surface area (Å²) in [5, 5.41) is 2.98. The minimum Gasteiger partial charge on any atom is -0.462 e. The fourth-order valence-corrected chi connectivity index (χ4v) is 1.34. The molecule has 0 saturated carbocycles. The summed E-state index contributed by atoms with van der Waals surface area (Å²) in [6, 6.07) is 5.19. The van der Waals surface area contributed by atoms with Crippen molar-refractivity contribution >= 4 is 29.0 Å². The van der Waals surface area contributed by atoms with Gasteiger partial charge in [0.05, 0.1) is 12.2 Å². The first-order chi connectivity index (χ1) is 7.54. The summed E-state index contributed by atoms with van der Waals surface area (Å²) >= 11 is 4.75. The van der Waals surface area contributed by atoms with Gasteiger partial charge in [-0.25, -0.2) is 4.79 Å². The van der Waals surface area contributed by atoms with Crippen LogP contribution >= 0.6 is 12.2 Å². The molecule has 1 rings (SSSR count). The van der Waals surface area contributed by atoms with Crippen molar-refractivity contribution in [3.05, 3.63) is 29.3 Å². The second-order valence-corrected chi connectivity index (χ2v) is 3.68. The summed E-state index contributed by atoms with van der Waals surface area (Å²) in [4.78, 5) is 11.5. The van der Waals surface area contributed by atoms with Crippen molar-refractivity contribution in [3.8, 4) is 0 Å². The maximum absolute atomic E-state index is 11.5. The van der Waals surface area contributed by atoms with Crippen molar-refractivity contribution in [3.63, 3.8) is 0 Å². The van der Waals surface area contributed by atoms with E-state index in [0.717, 1.165) is 11.3 Å². The molecule has 0 aromatic heterocycles. The van der Waals surface area contributed by atoms with E-state index in [1.165, 1.54) is 0 Å². The van der Waals surface area contributed by atoms with Crippen LogP contribution in [0.4, 0.5) is 5.69 Å². The quantitative estimate of drug-likeness (QED) is 0.621. The number of nitrogens with one attached hydrogen (secondary N) is 1. The molecule has 3 N–H and O–H groups in total. The van der Waals surface area contributed by atoms with Gasteiger partial charge < -0.3 is 15.8 Å². The Kier molecular flexibility index (Phi) is 4.25. The van der Waals surface area contributed by atoms with Gasteiger partial charge in [0.15, 0.2) is 5.11 Å². The Bertz CT molecular complexity index is 418. The van der Waals surface area contributed by atoms with Gasteiger partial charge in [0, 0.05) is 5.69 Å². The molecule has 0 bridgehead atoms. The fourth-order valence-electron chi connectivity index (χ4n) is 1.23. The standard InChI is InChI=1S/C11H14N2O2S/c1-3-15-10(14)8-5-4-7(2)9(6-8)13-11(12)16/h4-6H,3H2,1-2H3,(H3,12,13,16). The van der Waals surface area contributed by atoms with E-state index in [9.17, 15) is 4.79 Å². The predicted octanol–water partition coefficient (Wildman–Crippen LogP) is 1.83. The number of ether oxygens (including phenoxy) is 1. The van der Waals surface area contributed by atoms with Crippen LogP contribution in [0.1, 0.15) is 22.8 Å². The maximum Gasteiger partial charge on any atom is 0.338 e. The van der Waals surface area contributed by atoms with Crippen LogP contribution in [0.2, 0.25) is 0 Å². The molecular weight excluding hydrogens is 224 g/mol. The molecule has 0 atom stereocenters. The Morgan fingerprint density at radius 1 is 1.56 bits per heavy atom. The molecule has 86 valence electrons. The van der Waals surface area contributed by atoms with Gasteiger partial charge >= 0.3 is 5.97 Å². The zero-order chi connectivity index (χ0) is 12.1. The van der Waals surface area contributed by atoms with Crippen molar-refractivity contribution < 1.29 is 9.53 Å². The summed E-state index contributed by atoms with van der Waals surface area (Å²) in [6.45, 7) is 4.01.